The van der Waals surface area contributed by atoms with E-state index in [1.165, 1.54) is 31.7 Å². The van der Waals surface area contributed by atoms with Crippen molar-refractivity contribution in [3.63, 3.8) is 0 Å². The Kier molecular flexibility index (Phi) is 3.66. The van der Waals surface area contributed by atoms with Gasteiger partial charge in [0.25, 0.3) is 0 Å². The van der Waals surface area contributed by atoms with E-state index in [-0.39, 0.29) is 10.5 Å². The van der Waals surface area contributed by atoms with E-state index < -0.39 is 5.97 Å². The normalized spacial score (nSPS) is 18.2. The standard InChI is InChI=1S/C12H17NO3S/c1-17-12(6-2-3-7-12)8-13-10-5-4-9(16-10)11(14)15/h4-5,13H,2-3,6-8H2,1H3,(H,14,15). The Bertz CT molecular complexity index is 396. The molecule has 1 heterocycles. The minimum Gasteiger partial charge on any atom is -0.475 e. The van der Waals surface area contributed by atoms with Gasteiger partial charge < -0.3 is 14.8 Å². The van der Waals surface area contributed by atoms with Crippen LogP contribution in [0.25, 0.3) is 0 Å². The number of aromatic carboxylic acids is 1. The molecule has 0 unspecified atom stereocenters. The maximum absolute atomic E-state index is 10.7. The van der Waals surface area contributed by atoms with Crippen LogP contribution in [0.3, 0.4) is 0 Å². The van der Waals surface area contributed by atoms with Gasteiger partial charge in [-0.1, -0.05) is 12.8 Å². The van der Waals surface area contributed by atoms with Crippen LogP contribution in [0, 0.1) is 0 Å². The van der Waals surface area contributed by atoms with E-state index in [1.807, 2.05) is 11.8 Å². The molecule has 0 spiro atoms. The summed E-state index contributed by atoms with van der Waals surface area (Å²) in [6.45, 7) is 0.834. The molecule has 0 amide bonds. The molecule has 5 heteroatoms. The summed E-state index contributed by atoms with van der Waals surface area (Å²) in [6, 6.07) is 3.15. The maximum Gasteiger partial charge on any atom is 0.371 e. The highest BCUT2D eigenvalue weighted by Gasteiger charge is 2.32. The number of rotatable bonds is 5. The highest BCUT2D eigenvalue weighted by Crippen LogP contribution is 2.40. The fraction of sp³-hybridized carbons (Fsp3) is 0.583. The number of thioether (sulfide) groups is 1. The average Bonchev–Trinajstić information content (AvgIpc) is 2.96. The van der Waals surface area contributed by atoms with Gasteiger partial charge in [0, 0.05) is 17.4 Å². The molecule has 0 aromatic carbocycles. The van der Waals surface area contributed by atoms with Gasteiger partial charge in [0.1, 0.15) is 0 Å². The number of hydrogen-bond donors (Lipinski definition) is 2. The zero-order chi connectivity index (χ0) is 12.3. The van der Waals surface area contributed by atoms with Crippen LogP contribution in [0.2, 0.25) is 0 Å². The number of anilines is 1. The lowest BCUT2D eigenvalue weighted by Gasteiger charge is -2.26. The molecular weight excluding hydrogens is 238 g/mol. The first-order valence-corrected chi connectivity index (χ1v) is 7.00. The fourth-order valence-corrected chi connectivity index (χ4v) is 3.18. The lowest BCUT2D eigenvalue weighted by molar-refractivity contribution is 0.0663. The van der Waals surface area contributed by atoms with Gasteiger partial charge in [0.2, 0.25) is 5.76 Å². The topological polar surface area (TPSA) is 62.5 Å². The molecule has 17 heavy (non-hydrogen) atoms. The molecule has 1 aromatic rings. The van der Waals surface area contributed by atoms with Gasteiger partial charge in [0.15, 0.2) is 5.88 Å². The van der Waals surface area contributed by atoms with E-state index in [0.717, 1.165) is 6.54 Å². The van der Waals surface area contributed by atoms with Crippen LogP contribution < -0.4 is 5.32 Å². The summed E-state index contributed by atoms with van der Waals surface area (Å²) >= 11 is 1.89. The number of carbonyl (C=O) groups is 1. The maximum atomic E-state index is 10.7. The Hall–Kier alpha value is -1.10. The Morgan fingerprint density at radius 2 is 2.24 bits per heavy atom. The monoisotopic (exact) mass is 255 g/mol. The molecule has 0 atom stereocenters. The van der Waals surface area contributed by atoms with Crippen LogP contribution in [-0.4, -0.2) is 28.6 Å². The second-order valence-corrected chi connectivity index (χ2v) is 5.69. The van der Waals surface area contributed by atoms with Crippen LogP contribution in [0.15, 0.2) is 16.5 Å². The molecule has 0 bridgehead atoms. The lowest BCUT2D eigenvalue weighted by atomic mass is 10.1. The molecule has 1 saturated carbocycles. The van der Waals surface area contributed by atoms with Crippen molar-refractivity contribution in [3.8, 4) is 0 Å². The number of carboxylic acids is 1. The molecule has 0 radical (unpaired) electrons. The smallest absolute Gasteiger partial charge is 0.371 e. The van der Waals surface area contributed by atoms with Crippen LogP contribution in [0.5, 0.6) is 0 Å². The SMILES string of the molecule is CSC1(CNc2ccc(C(=O)O)o2)CCCC1. The zero-order valence-electron chi connectivity index (χ0n) is 9.86. The molecule has 2 rings (SSSR count). The Labute approximate surface area is 105 Å². The second kappa shape index (κ2) is 5.04. The third-order valence-corrected chi connectivity index (χ3v) is 4.77. The van der Waals surface area contributed by atoms with E-state index >= 15 is 0 Å². The Morgan fingerprint density at radius 3 is 2.76 bits per heavy atom. The van der Waals surface area contributed by atoms with Gasteiger partial charge in [-0.3, -0.25) is 0 Å². The predicted molar refractivity (Wildman–Crippen MR) is 68.9 cm³/mol. The first-order valence-electron chi connectivity index (χ1n) is 5.77. The summed E-state index contributed by atoms with van der Waals surface area (Å²) in [4.78, 5) is 10.7. The van der Waals surface area contributed by atoms with Gasteiger partial charge in [-0.25, -0.2) is 4.79 Å². The summed E-state index contributed by atoms with van der Waals surface area (Å²) < 4.78 is 5.46. The van der Waals surface area contributed by atoms with Crippen molar-refractivity contribution >= 4 is 23.6 Å². The van der Waals surface area contributed by atoms with Crippen molar-refractivity contribution in [2.24, 2.45) is 0 Å². The van der Waals surface area contributed by atoms with Gasteiger partial charge >= 0.3 is 5.97 Å². The average molecular weight is 255 g/mol. The van der Waals surface area contributed by atoms with Gasteiger partial charge in [-0.05, 0) is 25.2 Å². The highest BCUT2D eigenvalue weighted by atomic mass is 32.2. The van der Waals surface area contributed by atoms with Crippen molar-refractivity contribution < 1.29 is 14.3 Å². The second-order valence-electron chi connectivity index (χ2n) is 4.42. The molecular formula is C12H17NO3S. The van der Waals surface area contributed by atoms with Crippen molar-refractivity contribution in [2.75, 3.05) is 18.1 Å². The fourth-order valence-electron chi connectivity index (χ4n) is 2.27. The minimum atomic E-state index is -1.03. The van der Waals surface area contributed by atoms with E-state index in [4.69, 9.17) is 9.52 Å². The van der Waals surface area contributed by atoms with Crippen molar-refractivity contribution in [3.05, 3.63) is 17.9 Å². The molecule has 0 saturated heterocycles. The number of furan rings is 1. The largest absolute Gasteiger partial charge is 0.475 e. The van der Waals surface area contributed by atoms with Crippen LogP contribution in [0.1, 0.15) is 36.2 Å². The van der Waals surface area contributed by atoms with Crippen molar-refractivity contribution in [1.82, 2.24) is 0 Å². The number of carboxylic acid groups (broad SMARTS) is 1. The summed E-state index contributed by atoms with van der Waals surface area (Å²) in [5, 5.41) is 12.0. The first kappa shape index (κ1) is 12.4. The molecule has 1 aliphatic rings. The summed E-state index contributed by atoms with van der Waals surface area (Å²) in [6.07, 6.45) is 7.13. The van der Waals surface area contributed by atoms with E-state index in [1.54, 1.807) is 6.07 Å². The molecule has 1 aromatic heterocycles. The quantitative estimate of drug-likeness (QED) is 0.846. The Morgan fingerprint density at radius 1 is 1.53 bits per heavy atom. The molecule has 2 N–H and O–H groups in total. The van der Waals surface area contributed by atoms with E-state index in [2.05, 4.69) is 11.6 Å². The molecule has 4 nitrogen and oxygen atoms in total. The van der Waals surface area contributed by atoms with E-state index in [0.29, 0.717) is 5.88 Å². The van der Waals surface area contributed by atoms with Gasteiger partial charge in [-0.15, -0.1) is 0 Å². The summed E-state index contributed by atoms with van der Waals surface area (Å²) in [5.74, 6) is -0.502. The number of nitrogens with one attached hydrogen (secondary N) is 1. The highest BCUT2D eigenvalue weighted by molar-refractivity contribution is 8.00. The van der Waals surface area contributed by atoms with Gasteiger partial charge in [0.05, 0.1) is 0 Å². The number of hydrogen-bond acceptors (Lipinski definition) is 4. The van der Waals surface area contributed by atoms with Gasteiger partial charge in [-0.2, -0.15) is 11.8 Å². The Balaban J connectivity index is 1.94. The molecule has 1 aliphatic carbocycles. The molecule has 1 fully saturated rings. The van der Waals surface area contributed by atoms with Crippen molar-refractivity contribution in [2.45, 2.75) is 30.4 Å². The van der Waals surface area contributed by atoms with Crippen LogP contribution in [-0.2, 0) is 0 Å². The van der Waals surface area contributed by atoms with Crippen LogP contribution in [0.4, 0.5) is 5.88 Å². The predicted octanol–water partition coefficient (Wildman–Crippen LogP) is 3.07. The molecule has 0 aliphatic heterocycles. The zero-order valence-corrected chi connectivity index (χ0v) is 10.7. The minimum absolute atomic E-state index is 0.0166. The molecule has 94 valence electrons. The third kappa shape index (κ3) is 2.77. The summed E-state index contributed by atoms with van der Waals surface area (Å²) in [7, 11) is 0. The van der Waals surface area contributed by atoms with E-state index in [9.17, 15) is 4.79 Å². The lowest BCUT2D eigenvalue weighted by Crippen LogP contribution is -2.29. The first-order chi connectivity index (χ1) is 8.15. The van der Waals surface area contributed by atoms with Crippen LogP contribution >= 0.6 is 11.8 Å². The summed E-state index contributed by atoms with van der Waals surface area (Å²) in [5.41, 5.74) is 0. The van der Waals surface area contributed by atoms with Crippen molar-refractivity contribution in [1.29, 1.82) is 0 Å². The third-order valence-electron chi connectivity index (χ3n) is 3.35.